The zero-order chi connectivity index (χ0) is 16.9. The van der Waals surface area contributed by atoms with Crippen LogP contribution in [-0.4, -0.2) is 46.4 Å². The average Bonchev–Trinajstić information content (AvgIpc) is 3.08. The Morgan fingerprint density at radius 2 is 2.25 bits per heavy atom. The normalized spacial score (nSPS) is 16.8. The maximum absolute atomic E-state index is 12.6. The van der Waals surface area contributed by atoms with Gasteiger partial charge in [-0.15, -0.1) is 0 Å². The summed E-state index contributed by atoms with van der Waals surface area (Å²) in [5, 5.41) is 9.69. The number of phenols is 1. The number of phenolic OH excluding ortho intramolecular Hbond substituents is 1. The average molecular weight is 326 g/mol. The summed E-state index contributed by atoms with van der Waals surface area (Å²) in [6.45, 7) is 0.943. The van der Waals surface area contributed by atoms with Crippen molar-refractivity contribution < 1.29 is 19.4 Å². The second kappa shape index (κ2) is 7.12. The molecule has 0 spiro atoms. The van der Waals surface area contributed by atoms with Gasteiger partial charge in [0.25, 0.3) is 5.91 Å². The van der Waals surface area contributed by atoms with Gasteiger partial charge in [-0.3, -0.25) is 14.6 Å². The van der Waals surface area contributed by atoms with Crippen LogP contribution < -0.4 is 4.74 Å². The van der Waals surface area contributed by atoms with Crippen molar-refractivity contribution in [2.75, 3.05) is 13.2 Å². The van der Waals surface area contributed by atoms with Crippen molar-refractivity contribution in [3.8, 4) is 11.5 Å². The summed E-state index contributed by atoms with van der Waals surface area (Å²) in [4.78, 5) is 29.4. The van der Waals surface area contributed by atoms with E-state index >= 15 is 0 Å². The minimum absolute atomic E-state index is 0.0688. The molecule has 0 bridgehead atoms. The van der Waals surface area contributed by atoms with Crippen LogP contribution in [0.15, 0.2) is 42.7 Å². The molecule has 1 aliphatic rings. The van der Waals surface area contributed by atoms with E-state index < -0.39 is 0 Å². The maximum atomic E-state index is 12.6. The maximum Gasteiger partial charge on any atom is 0.255 e. The summed E-state index contributed by atoms with van der Waals surface area (Å²) in [5.41, 5.74) is 0.677. The van der Waals surface area contributed by atoms with E-state index in [9.17, 15) is 14.7 Å². The first-order valence-electron chi connectivity index (χ1n) is 7.81. The Balaban J connectivity index is 1.70. The first kappa shape index (κ1) is 16.0. The van der Waals surface area contributed by atoms with Gasteiger partial charge in [-0.2, -0.15) is 0 Å². The molecule has 0 aliphatic carbocycles. The molecular formula is C18H18N2O4. The highest BCUT2D eigenvalue weighted by molar-refractivity contribution is 5.94. The Morgan fingerprint density at radius 3 is 3.00 bits per heavy atom. The SMILES string of the molecule is O=Cc1c(O)cccc1OC[C@@H]1CCCN1C(=O)c1cccnc1. The largest absolute Gasteiger partial charge is 0.507 e. The minimum atomic E-state index is -0.114. The molecule has 0 saturated carbocycles. The van der Waals surface area contributed by atoms with Crippen molar-refractivity contribution >= 4 is 12.2 Å². The number of likely N-dealkylation sites (tertiary alicyclic amines) is 1. The second-order valence-electron chi connectivity index (χ2n) is 5.65. The molecule has 1 amide bonds. The fraction of sp³-hybridized carbons (Fsp3) is 0.278. The lowest BCUT2D eigenvalue weighted by Crippen LogP contribution is -2.39. The van der Waals surface area contributed by atoms with E-state index in [-0.39, 0.29) is 29.9 Å². The minimum Gasteiger partial charge on any atom is -0.507 e. The summed E-state index contributed by atoms with van der Waals surface area (Å²) in [6, 6.07) is 8.09. The van der Waals surface area contributed by atoms with Crippen LogP contribution >= 0.6 is 0 Å². The molecule has 2 heterocycles. The number of amides is 1. The zero-order valence-corrected chi connectivity index (χ0v) is 13.1. The summed E-state index contributed by atoms with van der Waals surface area (Å²) in [7, 11) is 0. The van der Waals surface area contributed by atoms with E-state index in [1.807, 2.05) is 0 Å². The van der Waals surface area contributed by atoms with E-state index in [0.29, 0.717) is 24.1 Å². The first-order valence-corrected chi connectivity index (χ1v) is 7.81. The summed E-state index contributed by atoms with van der Waals surface area (Å²) in [5.74, 6) is 0.142. The van der Waals surface area contributed by atoms with Gasteiger partial charge in [0.05, 0.1) is 17.2 Å². The number of nitrogens with zero attached hydrogens (tertiary/aromatic N) is 2. The lowest BCUT2D eigenvalue weighted by molar-refractivity contribution is 0.0689. The van der Waals surface area contributed by atoms with Gasteiger partial charge in [0.2, 0.25) is 0 Å². The Bertz CT molecular complexity index is 733. The fourth-order valence-electron chi connectivity index (χ4n) is 2.89. The quantitative estimate of drug-likeness (QED) is 0.853. The lowest BCUT2D eigenvalue weighted by Gasteiger charge is -2.25. The van der Waals surface area contributed by atoms with Gasteiger partial charge in [-0.1, -0.05) is 6.07 Å². The first-order chi connectivity index (χ1) is 11.7. The molecule has 3 rings (SSSR count). The van der Waals surface area contributed by atoms with Gasteiger partial charge < -0.3 is 14.7 Å². The topological polar surface area (TPSA) is 79.7 Å². The van der Waals surface area contributed by atoms with E-state index in [1.165, 1.54) is 6.07 Å². The number of hydrogen-bond acceptors (Lipinski definition) is 5. The van der Waals surface area contributed by atoms with E-state index in [1.54, 1.807) is 41.6 Å². The number of ether oxygens (including phenoxy) is 1. The lowest BCUT2D eigenvalue weighted by atomic mass is 10.2. The molecule has 24 heavy (non-hydrogen) atoms. The molecule has 1 N–H and O–H groups in total. The van der Waals surface area contributed by atoms with Crippen molar-refractivity contribution in [3.63, 3.8) is 0 Å². The second-order valence-corrected chi connectivity index (χ2v) is 5.65. The predicted molar refractivity (Wildman–Crippen MR) is 87.3 cm³/mol. The molecule has 1 aromatic heterocycles. The highest BCUT2D eigenvalue weighted by atomic mass is 16.5. The Hall–Kier alpha value is -2.89. The number of carbonyl (C=O) groups is 2. The molecule has 1 atom stereocenters. The Morgan fingerprint density at radius 1 is 1.38 bits per heavy atom. The summed E-state index contributed by atoms with van der Waals surface area (Å²) in [6.07, 6.45) is 5.49. The fourth-order valence-corrected chi connectivity index (χ4v) is 2.89. The standard InChI is InChI=1S/C18H18N2O4/c21-11-15-16(22)6-1-7-17(15)24-12-14-5-3-9-20(14)18(23)13-4-2-8-19-10-13/h1-2,4,6-8,10-11,14,22H,3,5,9,12H2/t14-/m0/s1. The number of aldehydes is 1. The number of aromatic hydroxyl groups is 1. The van der Waals surface area contributed by atoms with Gasteiger partial charge in [0.15, 0.2) is 6.29 Å². The Labute approximate surface area is 139 Å². The molecular weight excluding hydrogens is 308 g/mol. The van der Waals surface area contributed by atoms with Gasteiger partial charge >= 0.3 is 0 Å². The predicted octanol–water partition coefficient (Wildman–Crippen LogP) is 2.28. The molecule has 2 aromatic rings. The van der Waals surface area contributed by atoms with Gasteiger partial charge in [0, 0.05) is 18.9 Å². The van der Waals surface area contributed by atoms with Gasteiger partial charge in [-0.25, -0.2) is 0 Å². The number of hydrogen-bond donors (Lipinski definition) is 1. The third kappa shape index (κ3) is 3.22. The van der Waals surface area contributed by atoms with Crippen molar-refractivity contribution in [2.45, 2.75) is 18.9 Å². The molecule has 6 nitrogen and oxygen atoms in total. The van der Waals surface area contributed by atoms with E-state index in [4.69, 9.17) is 4.74 Å². The highest BCUT2D eigenvalue weighted by Gasteiger charge is 2.30. The molecule has 1 aromatic carbocycles. The van der Waals surface area contributed by atoms with Crippen LogP contribution in [0.3, 0.4) is 0 Å². The zero-order valence-electron chi connectivity index (χ0n) is 13.1. The molecule has 0 unspecified atom stereocenters. The Kier molecular flexibility index (Phi) is 4.74. The number of rotatable bonds is 5. The summed E-state index contributed by atoms with van der Waals surface area (Å²) >= 11 is 0. The molecule has 124 valence electrons. The molecule has 0 radical (unpaired) electrons. The number of carbonyl (C=O) groups excluding carboxylic acids is 2. The number of aromatic nitrogens is 1. The van der Waals surface area contributed by atoms with Crippen LogP contribution in [0.4, 0.5) is 0 Å². The van der Waals surface area contributed by atoms with Crippen molar-refractivity contribution in [3.05, 3.63) is 53.9 Å². The van der Waals surface area contributed by atoms with Gasteiger partial charge in [0.1, 0.15) is 18.1 Å². The third-order valence-corrected chi connectivity index (χ3v) is 4.14. The van der Waals surface area contributed by atoms with Crippen LogP contribution in [0.2, 0.25) is 0 Å². The van der Waals surface area contributed by atoms with Crippen LogP contribution in [0.5, 0.6) is 11.5 Å². The monoisotopic (exact) mass is 326 g/mol. The van der Waals surface area contributed by atoms with E-state index in [2.05, 4.69) is 4.98 Å². The third-order valence-electron chi connectivity index (χ3n) is 4.14. The molecule has 1 fully saturated rings. The number of benzene rings is 1. The van der Waals surface area contributed by atoms with Crippen molar-refractivity contribution in [1.29, 1.82) is 0 Å². The van der Waals surface area contributed by atoms with Crippen LogP contribution in [0.1, 0.15) is 33.6 Å². The van der Waals surface area contributed by atoms with Crippen molar-refractivity contribution in [1.82, 2.24) is 9.88 Å². The van der Waals surface area contributed by atoms with E-state index in [0.717, 1.165) is 12.8 Å². The van der Waals surface area contributed by atoms with Crippen LogP contribution in [0.25, 0.3) is 0 Å². The molecule has 1 saturated heterocycles. The van der Waals surface area contributed by atoms with Crippen molar-refractivity contribution in [2.24, 2.45) is 0 Å². The summed E-state index contributed by atoms with van der Waals surface area (Å²) < 4.78 is 5.71. The van der Waals surface area contributed by atoms with Gasteiger partial charge in [-0.05, 0) is 37.1 Å². The molecule has 1 aliphatic heterocycles. The van der Waals surface area contributed by atoms with Crippen LogP contribution in [-0.2, 0) is 0 Å². The highest BCUT2D eigenvalue weighted by Crippen LogP contribution is 2.27. The van der Waals surface area contributed by atoms with Crippen LogP contribution in [0, 0.1) is 0 Å². The smallest absolute Gasteiger partial charge is 0.255 e. The number of pyridine rings is 1. The molecule has 6 heteroatoms.